The van der Waals surface area contributed by atoms with Crippen LogP contribution < -0.4 is 15.5 Å². The highest BCUT2D eigenvalue weighted by Gasteiger charge is 2.30. The molecule has 114 valence electrons. The second-order valence-corrected chi connectivity index (χ2v) is 6.92. The average molecular weight is 305 g/mol. The lowest BCUT2D eigenvalue weighted by molar-refractivity contribution is -0.117. The Hall–Kier alpha value is -1.20. The summed E-state index contributed by atoms with van der Waals surface area (Å²) in [5, 5.41) is 6.33. The zero-order valence-electron chi connectivity index (χ0n) is 12.7. The quantitative estimate of drug-likeness (QED) is 0.897. The van der Waals surface area contributed by atoms with E-state index in [1.54, 1.807) is 0 Å². The van der Waals surface area contributed by atoms with Crippen molar-refractivity contribution in [1.82, 2.24) is 5.32 Å². The van der Waals surface area contributed by atoms with E-state index in [1.807, 2.05) is 11.8 Å². The first-order valence-corrected chi connectivity index (χ1v) is 8.88. The molecule has 1 aromatic carbocycles. The molecule has 2 atom stereocenters. The number of hydrogen-bond donors (Lipinski definition) is 2. The van der Waals surface area contributed by atoms with E-state index in [2.05, 4.69) is 47.6 Å². The summed E-state index contributed by atoms with van der Waals surface area (Å²) in [6.45, 7) is 6.32. The second kappa shape index (κ2) is 6.28. The molecule has 3 rings (SSSR count). The Morgan fingerprint density at radius 2 is 2.33 bits per heavy atom. The van der Waals surface area contributed by atoms with Crippen molar-refractivity contribution in [1.29, 1.82) is 0 Å². The minimum atomic E-state index is -0.191. The summed E-state index contributed by atoms with van der Waals surface area (Å²) in [6, 6.07) is 6.75. The molecule has 0 aromatic heterocycles. The maximum absolute atomic E-state index is 12.1. The van der Waals surface area contributed by atoms with Crippen molar-refractivity contribution < 1.29 is 4.79 Å². The Morgan fingerprint density at radius 1 is 1.48 bits per heavy atom. The Bertz CT molecular complexity index is 534. The van der Waals surface area contributed by atoms with E-state index in [0.717, 1.165) is 30.8 Å². The molecular formula is C16H23N3OS. The molecule has 0 saturated carbocycles. The van der Waals surface area contributed by atoms with Gasteiger partial charge in [0.25, 0.3) is 0 Å². The summed E-state index contributed by atoms with van der Waals surface area (Å²) >= 11 is 2.02. The van der Waals surface area contributed by atoms with Crippen molar-refractivity contribution in [2.24, 2.45) is 0 Å². The number of nitrogens with one attached hydrogen (secondary N) is 2. The normalized spacial score (nSPS) is 24.9. The molecule has 0 radical (unpaired) electrons. The first-order valence-electron chi connectivity index (χ1n) is 7.73. The van der Waals surface area contributed by atoms with E-state index in [0.29, 0.717) is 6.04 Å². The zero-order chi connectivity index (χ0) is 14.8. The number of fused-ring (bicyclic) bond motifs is 1. The van der Waals surface area contributed by atoms with Crippen LogP contribution in [0.25, 0.3) is 0 Å². The topological polar surface area (TPSA) is 44.4 Å². The van der Waals surface area contributed by atoms with Crippen LogP contribution in [-0.2, 0) is 4.79 Å². The highest BCUT2D eigenvalue weighted by atomic mass is 32.2. The molecule has 1 fully saturated rings. The van der Waals surface area contributed by atoms with Crippen LogP contribution in [0.4, 0.5) is 11.4 Å². The van der Waals surface area contributed by atoms with E-state index in [-0.39, 0.29) is 11.9 Å². The number of amides is 1. The number of rotatable bonds is 4. The summed E-state index contributed by atoms with van der Waals surface area (Å²) in [5.41, 5.74) is 3.27. The van der Waals surface area contributed by atoms with Crippen LogP contribution in [0.2, 0.25) is 0 Å². The monoisotopic (exact) mass is 305 g/mol. The van der Waals surface area contributed by atoms with E-state index in [1.165, 1.54) is 17.2 Å². The van der Waals surface area contributed by atoms with Crippen LogP contribution in [-0.4, -0.2) is 36.5 Å². The standard InChI is InChI=1S/C16H23N3OS/c1-3-6-17-15-13-5-4-12(9-14(13)18-16(15)20)19-7-8-21-10-11(19)2/h4-5,9,11,15,17H,3,6-8,10H2,1-2H3,(H,18,20). The number of hydrogen-bond acceptors (Lipinski definition) is 4. The lowest BCUT2D eigenvalue weighted by atomic mass is 10.1. The minimum absolute atomic E-state index is 0.0675. The van der Waals surface area contributed by atoms with Crippen LogP contribution in [0.3, 0.4) is 0 Å². The van der Waals surface area contributed by atoms with Gasteiger partial charge < -0.3 is 15.5 Å². The third kappa shape index (κ3) is 2.90. The predicted molar refractivity (Wildman–Crippen MR) is 90.2 cm³/mol. The van der Waals surface area contributed by atoms with Crippen molar-refractivity contribution in [2.45, 2.75) is 32.4 Å². The van der Waals surface area contributed by atoms with Crippen LogP contribution in [0, 0.1) is 0 Å². The van der Waals surface area contributed by atoms with Gasteiger partial charge in [-0.15, -0.1) is 0 Å². The Labute approximate surface area is 130 Å². The molecule has 0 spiro atoms. The third-order valence-corrected chi connectivity index (χ3v) is 5.36. The van der Waals surface area contributed by atoms with Crippen molar-refractivity contribution in [3.05, 3.63) is 23.8 Å². The highest BCUT2D eigenvalue weighted by Crippen LogP contribution is 2.35. The highest BCUT2D eigenvalue weighted by molar-refractivity contribution is 7.99. The van der Waals surface area contributed by atoms with Gasteiger partial charge in [-0.2, -0.15) is 11.8 Å². The second-order valence-electron chi connectivity index (χ2n) is 5.77. The zero-order valence-corrected chi connectivity index (χ0v) is 13.5. The fourth-order valence-electron chi connectivity index (χ4n) is 3.03. The number of thioether (sulfide) groups is 1. The van der Waals surface area contributed by atoms with Gasteiger partial charge in [0.05, 0.1) is 0 Å². The molecule has 0 aliphatic carbocycles. The Kier molecular flexibility index (Phi) is 4.40. The molecule has 5 heteroatoms. The summed E-state index contributed by atoms with van der Waals surface area (Å²) in [7, 11) is 0. The van der Waals surface area contributed by atoms with E-state index < -0.39 is 0 Å². The van der Waals surface area contributed by atoms with E-state index in [4.69, 9.17) is 0 Å². The molecule has 1 aromatic rings. The van der Waals surface area contributed by atoms with Crippen LogP contribution in [0.15, 0.2) is 18.2 Å². The Morgan fingerprint density at radius 3 is 3.10 bits per heavy atom. The largest absolute Gasteiger partial charge is 0.367 e. The summed E-state index contributed by atoms with van der Waals surface area (Å²) in [6.07, 6.45) is 1.03. The molecule has 2 heterocycles. The molecule has 2 unspecified atom stereocenters. The molecule has 2 N–H and O–H groups in total. The summed E-state index contributed by atoms with van der Waals surface area (Å²) < 4.78 is 0. The molecule has 2 aliphatic heterocycles. The van der Waals surface area contributed by atoms with Gasteiger partial charge in [-0.1, -0.05) is 13.0 Å². The van der Waals surface area contributed by atoms with Gasteiger partial charge >= 0.3 is 0 Å². The number of carbonyl (C=O) groups excluding carboxylic acids is 1. The molecule has 1 amide bonds. The lowest BCUT2D eigenvalue weighted by Gasteiger charge is -2.35. The number of carbonyl (C=O) groups is 1. The maximum atomic E-state index is 12.1. The molecule has 1 saturated heterocycles. The minimum Gasteiger partial charge on any atom is -0.367 e. The number of anilines is 2. The first-order chi connectivity index (χ1) is 10.2. The van der Waals surface area contributed by atoms with Gasteiger partial charge in [0.15, 0.2) is 0 Å². The fraction of sp³-hybridized carbons (Fsp3) is 0.562. The summed E-state index contributed by atoms with van der Waals surface area (Å²) in [5.74, 6) is 2.41. The smallest absolute Gasteiger partial charge is 0.246 e. The molecule has 2 aliphatic rings. The van der Waals surface area contributed by atoms with Gasteiger partial charge in [-0.05, 0) is 32.0 Å². The van der Waals surface area contributed by atoms with Crippen LogP contribution in [0.1, 0.15) is 31.9 Å². The van der Waals surface area contributed by atoms with Crippen molar-refractivity contribution in [2.75, 3.05) is 34.8 Å². The van der Waals surface area contributed by atoms with Crippen molar-refractivity contribution in [3.63, 3.8) is 0 Å². The lowest BCUT2D eigenvalue weighted by Crippen LogP contribution is -2.40. The van der Waals surface area contributed by atoms with E-state index in [9.17, 15) is 4.79 Å². The summed E-state index contributed by atoms with van der Waals surface area (Å²) in [4.78, 5) is 14.5. The van der Waals surface area contributed by atoms with Gasteiger partial charge in [0, 0.05) is 41.0 Å². The van der Waals surface area contributed by atoms with Crippen molar-refractivity contribution >= 4 is 29.0 Å². The average Bonchev–Trinajstić information content (AvgIpc) is 2.80. The number of benzene rings is 1. The van der Waals surface area contributed by atoms with Crippen LogP contribution in [0.5, 0.6) is 0 Å². The van der Waals surface area contributed by atoms with Gasteiger partial charge in [0.2, 0.25) is 5.91 Å². The predicted octanol–water partition coefficient (Wildman–Crippen LogP) is 2.62. The van der Waals surface area contributed by atoms with Crippen LogP contribution >= 0.6 is 11.8 Å². The first kappa shape index (κ1) is 14.7. The Balaban J connectivity index is 1.82. The molecular weight excluding hydrogens is 282 g/mol. The molecule has 4 nitrogen and oxygen atoms in total. The van der Waals surface area contributed by atoms with Gasteiger partial charge in [-0.3, -0.25) is 4.79 Å². The third-order valence-electron chi connectivity index (χ3n) is 4.17. The fourth-order valence-corrected chi connectivity index (χ4v) is 4.04. The van der Waals surface area contributed by atoms with E-state index >= 15 is 0 Å². The van der Waals surface area contributed by atoms with Crippen molar-refractivity contribution in [3.8, 4) is 0 Å². The molecule has 0 bridgehead atoms. The SMILES string of the molecule is CCCNC1C(=O)Nc2cc(N3CCSCC3C)ccc21. The van der Waals surface area contributed by atoms with Gasteiger partial charge in [0.1, 0.15) is 6.04 Å². The number of nitrogens with zero attached hydrogens (tertiary/aromatic N) is 1. The maximum Gasteiger partial charge on any atom is 0.246 e. The molecule has 21 heavy (non-hydrogen) atoms. The van der Waals surface area contributed by atoms with Gasteiger partial charge in [-0.25, -0.2) is 0 Å².